The van der Waals surface area contributed by atoms with E-state index in [1.807, 2.05) is 30.6 Å². The van der Waals surface area contributed by atoms with Gasteiger partial charge in [-0.1, -0.05) is 54.6 Å². The van der Waals surface area contributed by atoms with E-state index in [4.69, 9.17) is 9.72 Å². The van der Waals surface area contributed by atoms with E-state index in [-0.39, 0.29) is 0 Å². The number of H-pyrrole nitrogens is 1. The van der Waals surface area contributed by atoms with Gasteiger partial charge in [-0.2, -0.15) is 0 Å². The summed E-state index contributed by atoms with van der Waals surface area (Å²) < 4.78 is 5.53. The minimum absolute atomic E-state index is 0.789. The third kappa shape index (κ3) is 4.20. The van der Waals surface area contributed by atoms with Crippen LogP contribution >= 0.6 is 0 Å². The molecule has 6 heteroatoms. The number of anilines is 1. The summed E-state index contributed by atoms with van der Waals surface area (Å²) in [6, 6.07) is 25.3. The topological polar surface area (TPSA) is 57.3 Å². The maximum Gasteiger partial charge on any atom is 0.156 e. The fraction of sp³-hybridized carbons (Fsp3) is 0.200. The lowest BCUT2D eigenvalue weighted by Gasteiger charge is -2.34. The second-order valence-corrected chi connectivity index (χ2v) is 9.27. The van der Waals surface area contributed by atoms with Crippen LogP contribution in [-0.4, -0.2) is 60.2 Å². The molecule has 6 nitrogen and oxygen atoms in total. The van der Waals surface area contributed by atoms with E-state index in [0.29, 0.717) is 0 Å². The summed E-state index contributed by atoms with van der Waals surface area (Å²) in [6.07, 6.45) is 3.83. The molecule has 5 aromatic rings. The highest BCUT2D eigenvalue weighted by Crippen LogP contribution is 2.33. The number of nitrogens with zero attached hydrogens (tertiary/aromatic N) is 4. The number of ether oxygens (including phenoxy) is 1. The van der Waals surface area contributed by atoms with Gasteiger partial charge in [0.15, 0.2) is 5.65 Å². The monoisotopic (exact) mass is 475 g/mol. The van der Waals surface area contributed by atoms with Gasteiger partial charge in [-0.15, -0.1) is 0 Å². The molecule has 1 aliphatic heterocycles. The van der Waals surface area contributed by atoms with Gasteiger partial charge >= 0.3 is 0 Å². The molecule has 36 heavy (non-hydrogen) atoms. The van der Waals surface area contributed by atoms with Crippen molar-refractivity contribution >= 4 is 16.9 Å². The maximum absolute atomic E-state index is 5.53. The molecular weight excluding hydrogens is 446 g/mol. The predicted molar refractivity (Wildman–Crippen MR) is 146 cm³/mol. The molecule has 0 bridgehead atoms. The minimum Gasteiger partial charge on any atom is -0.496 e. The number of benzene rings is 3. The van der Waals surface area contributed by atoms with E-state index in [1.54, 1.807) is 7.11 Å². The summed E-state index contributed by atoms with van der Waals surface area (Å²) in [4.78, 5) is 17.8. The van der Waals surface area contributed by atoms with Crippen LogP contribution in [0.3, 0.4) is 0 Å². The highest BCUT2D eigenvalue weighted by molar-refractivity contribution is 5.92. The Balaban J connectivity index is 1.28. The fourth-order valence-corrected chi connectivity index (χ4v) is 4.87. The molecule has 2 aromatic heterocycles. The summed E-state index contributed by atoms with van der Waals surface area (Å²) in [5.41, 5.74) is 9.20. The van der Waals surface area contributed by atoms with Crippen molar-refractivity contribution in [1.82, 2.24) is 19.9 Å². The Kier molecular flexibility index (Phi) is 5.87. The van der Waals surface area contributed by atoms with E-state index in [0.717, 1.165) is 76.6 Å². The van der Waals surface area contributed by atoms with E-state index < -0.39 is 0 Å². The Bertz CT molecular complexity index is 1480. The summed E-state index contributed by atoms with van der Waals surface area (Å²) in [7, 11) is 3.88. The van der Waals surface area contributed by atoms with Crippen molar-refractivity contribution in [2.75, 3.05) is 45.2 Å². The zero-order chi connectivity index (χ0) is 24.5. The van der Waals surface area contributed by atoms with E-state index in [9.17, 15) is 0 Å². The molecule has 1 N–H and O–H groups in total. The van der Waals surface area contributed by atoms with Gasteiger partial charge in [0.25, 0.3) is 0 Å². The predicted octanol–water partition coefficient (Wildman–Crippen LogP) is 5.72. The van der Waals surface area contributed by atoms with Crippen molar-refractivity contribution in [3.8, 4) is 39.3 Å². The zero-order valence-corrected chi connectivity index (χ0v) is 20.6. The first-order chi connectivity index (χ1) is 17.7. The highest BCUT2D eigenvalue weighted by atomic mass is 16.5. The fourth-order valence-electron chi connectivity index (χ4n) is 4.87. The van der Waals surface area contributed by atoms with Crippen molar-refractivity contribution in [1.29, 1.82) is 0 Å². The van der Waals surface area contributed by atoms with Crippen LogP contribution in [0.25, 0.3) is 44.7 Å². The first kappa shape index (κ1) is 22.3. The van der Waals surface area contributed by atoms with Crippen LogP contribution in [0.15, 0.2) is 85.2 Å². The number of para-hydroxylation sites is 1. The van der Waals surface area contributed by atoms with Gasteiger partial charge < -0.3 is 19.5 Å². The Hall–Kier alpha value is -4.16. The van der Waals surface area contributed by atoms with Crippen LogP contribution in [0.4, 0.5) is 5.69 Å². The summed E-state index contributed by atoms with van der Waals surface area (Å²) in [5.74, 6) is 0.867. The van der Waals surface area contributed by atoms with Gasteiger partial charge in [0, 0.05) is 54.8 Å². The first-order valence-corrected chi connectivity index (χ1v) is 12.3. The lowest BCUT2D eigenvalue weighted by atomic mass is 10.0. The molecule has 0 aliphatic carbocycles. The number of hydrogen-bond donors (Lipinski definition) is 1. The quantitative estimate of drug-likeness (QED) is 0.352. The molecule has 0 saturated carbocycles. The number of aromatic nitrogens is 3. The molecule has 180 valence electrons. The molecule has 0 amide bonds. The van der Waals surface area contributed by atoms with Crippen LogP contribution in [0.5, 0.6) is 5.75 Å². The number of methoxy groups -OCH3 is 1. The lowest BCUT2D eigenvalue weighted by molar-refractivity contribution is 0.313. The molecule has 0 unspecified atom stereocenters. The molecule has 1 aliphatic rings. The zero-order valence-electron chi connectivity index (χ0n) is 20.6. The molecule has 3 aromatic carbocycles. The standard InChI is InChI=1S/C30H29N5O/c1-34-15-17-35(18-16-34)24-13-11-23(12-14-24)27-20-32-30-29(33-27)26(19-31-30)22-9-7-21(8-10-22)25-5-3-4-6-28(25)36-2/h3-14,19-20H,15-18H2,1-2H3,(H,31,32). The van der Waals surface area contributed by atoms with Gasteiger partial charge in [0.05, 0.1) is 19.0 Å². The van der Waals surface area contributed by atoms with Gasteiger partial charge in [0.2, 0.25) is 0 Å². The van der Waals surface area contributed by atoms with Crippen molar-refractivity contribution in [3.63, 3.8) is 0 Å². The molecule has 6 rings (SSSR count). The van der Waals surface area contributed by atoms with E-state index in [2.05, 4.69) is 81.4 Å². The third-order valence-corrected chi connectivity index (χ3v) is 7.03. The normalized spacial score (nSPS) is 14.3. The second-order valence-electron chi connectivity index (χ2n) is 9.27. The van der Waals surface area contributed by atoms with Gasteiger partial charge in [-0.05, 0) is 36.4 Å². The van der Waals surface area contributed by atoms with Crippen LogP contribution in [0.1, 0.15) is 0 Å². The molecular formula is C30H29N5O. The van der Waals surface area contributed by atoms with E-state index >= 15 is 0 Å². The number of fused-ring (bicyclic) bond motifs is 1. The van der Waals surface area contributed by atoms with Crippen LogP contribution in [0, 0.1) is 0 Å². The second kappa shape index (κ2) is 9.47. The maximum atomic E-state index is 5.53. The minimum atomic E-state index is 0.789. The van der Waals surface area contributed by atoms with Gasteiger partial charge in [0.1, 0.15) is 11.3 Å². The number of hydrogen-bond acceptors (Lipinski definition) is 5. The van der Waals surface area contributed by atoms with E-state index in [1.165, 1.54) is 5.69 Å². The van der Waals surface area contributed by atoms with Crippen LogP contribution in [-0.2, 0) is 0 Å². The number of nitrogens with one attached hydrogen (secondary N) is 1. The molecule has 0 spiro atoms. The van der Waals surface area contributed by atoms with Crippen LogP contribution < -0.4 is 9.64 Å². The number of likely N-dealkylation sites (N-methyl/N-ethyl adjacent to an activating group) is 1. The summed E-state index contributed by atoms with van der Waals surface area (Å²) in [5, 5.41) is 0. The third-order valence-electron chi connectivity index (χ3n) is 7.03. The average Bonchev–Trinajstić information content (AvgIpc) is 3.37. The van der Waals surface area contributed by atoms with Crippen molar-refractivity contribution in [2.24, 2.45) is 0 Å². The molecule has 1 saturated heterocycles. The first-order valence-electron chi connectivity index (χ1n) is 12.3. The van der Waals surface area contributed by atoms with Crippen molar-refractivity contribution < 1.29 is 4.74 Å². The smallest absolute Gasteiger partial charge is 0.156 e. The summed E-state index contributed by atoms with van der Waals surface area (Å²) in [6.45, 7) is 4.31. The average molecular weight is 476 g/mol. The van der Waals surface area contributed by atoms with Crippen molar-refractivity contribution in [3.05, 3.63) is 85.2 Å². The molecule has 3 heterocycles. The number of rotatable bonds is 5. The number of piperazine rings is 1. The Morgan fingerprint density at radius 3 is 2.17 bits per heavy atom. The Morgan fingerprint density at radius 1 is 0.778 bits per heavy atom. The largest absolute Gasteiger partial charge is 0.496 e. The van der Waals surface area contributed by atoms with Crippen molar-refractivity contribution in [2.45, 2.75) is 0 Å². The van der Waals surface area contributed by atoms with Gasteiger partial charge in [-0.25, -0.2) is 9.97 Å². The molecule has 0 radical (unpaired) electrons. The highest BCUT2D eigenvalue weighted by Gasteiger charge is 2.15. The van der Waals surface area contributed by atoms with Crippen LogP contribution in [0.2, 0.25) is 0 Å². The number of aromatic amines is 1. The SMILES string of the molecule is COc1ccccc1-c1ccc(-c2c[nH]c3ncc(-c4ccc(N5CCN(C)CC5)cc4)nc23)cc1. The van der Waals surface area contributed by atoms with Gasteiger partial charge in [-0.3, -0.25) is 0 Å². The summed E-state index contributed by atoms with van der Waals surface area (Å²) >= 11 is 0. The Labute approximate surface area is 211 Å². The Morgan fingerprint density at radius 2 is 1.44 bits per heavy atom. The molecule has 1 fully saturated rings. The molecule has 0 atom stereocenters. The lowest BCUT2D eigenvalue weighted by Crippen LogP contribution is -2.44.